The highest BCUT2D eigenvalue weighted by Gasteiger charge is 2.11. The largest absolute Gasteiger partial charge is 0.468 e. The molecule has 0 atom stereocenters. The summed E-state index contributed by atoms with van der Waals surface area (Å²) in [4.78, 5) is 22.9. The van der Waals surface area contributed by atoms with Crippen LogP contribution in [-0.2, 0) is 9.53 Å². The normalized spacial score (nSPS) is 10.2. The molecule has 7 heteroatoms. The van der Waals surface area contributed by atoms with Crippen LogP contribution in [0.4, 0.5) is 4.39 Å². The second-order valence-electron chi connectivity index (χ2n) is 3.43. The summed E-state index contributed by atoms with van der Waals surface area (Å²) in [6.07, 6.45) is 2.62. The molecule has 19 heavy (non-hydrogen) atoms. The maximum absolute atomic E-state index is 13.7. The van der Waals surface area contributed by atoms with E-state index in [0.717, 1.165) is 18.0 Å². The number of carbonyl (C=O) groups is 1. The van der Waals surface area contributed by atoms with Gasteiger partial charge in [0.25, 0.3) is 0 Å². The number of methoxy groups -OCH3 is 1. The van der Waals surface area contributed by atoms with E-state index in [-0.39, 0.29) is 11.4 Å². The summed E-state index contributed by atoms with van der Waals surface area (Å²) in [5.41, 5.74) is 0.533. The number of thioether (sulfide) groups is 1. The molecule has 0 fully saturated rings. The molecule has 0 aromatic carbocycles. The third-order valence-electron chi connectivity index (χ3n) is 2.18. The molecule has 0 aliphatic rings. The Labute approximate surface area is 113 Å². The molecule has 0 saturated carbocycles. The summed E-state index contributed by atoms with van der Waals surface area (Å²) in [7, 11) is 1.30. The van der Waals surface area contributed by atoms with Gasteiger partial charge >= 0.3 is 5.97 Å². The van der Waals surface area contributed by atoms with Crippen molar-refractivity contribution in [2.75, 3.05) is 12.9 Å². The van der Waals surface area contributed by atoms with E-state index in [1.54, 1.807) is 24.4 Å². The van der Waals surface area contributed by atoms with Gasteiger partial charge in [0.05, 0.1) is 24.8 Å². The summed E-state index contributed by atoms with van der Waals surface area (Å²) in [5.74, 6) is -0.873. The molecule has 0 amide bonds. The third-order valence-corrected chi connectivity index (χ3v) is 3.01. The maximum atomic E-state index is 13.7. The monoisotopic (exact) mass is 279 g/mol. The molecule has 0 unspecified atom stereocenters. The number of esters is 1. The van der Waals surface area contributed by atoms with E-state index in [1.807, 2.05) is 0 Å². The summed E-state index contributed by atoms with van der Waals surface area (Å²) in [6, 6.07) is 5.13. The Morgan fingerprint density at radius 3 is 2.95 bits per heavy atom. The van der Waals surface area contributed by atoms with Crippen molar-refractivity contribution in [1.29, 1.82) is 0 Å². The molecule has 2 heterocycles. The van der Waals surface area contributed by atoms with Crippen LogP contribution in [0.1, 0.15) is 0 Å². The fourth-order valence-electron chi connectivity index (χ4n) is 1.29. The molecule has 0 aliphatic heterocycles. The molecule has 98 valence electrons. The van der Waals surface area contributed by atoms with Crippen LogP contribution in [0.15, 0.2) is 35.7 Å². The van der Waals surface area contributed by atoms with Crippen molar-refractivity contribution in [2.24, 2.45) is 0 Å². The summed E-state index contributed by atoms with van der Waals surface area (Å²) in [6.45, 7) is 0. The van der Waals surface area contributed by atoms with Crippen molar-refractivity contribution < 1.29 is 13.9 Å². The Morgan fingerprint density at radius 1 is 1.42 bits per heavy atom. The Balaban J connectivity index is 2.23. The number of pyridine rings is 1. The first-order chi connectivity index (χ1) is 9.20. The zero-order chi connectivity index (χ0) is 13.7. The fraction of sp³-hybridized carbons (Fsp3) is 0.167. The minimum atomic E-state index is -0.555. The summed E-state index contributed by atoms with van der Waals surface area (Å²) in [5, 5.41) is 0.299. The van der Waals surface area contributed by atoms with Gasteiger partial charge in [-0.05, 0) is 12.1 Å². The number of ether oxygens (including phenoxy) is 1. The van der Waals surface area contributed by atoms with Gasteiger partial charge in [-0.2, -0.15) is 0 Å². The highest BCUT2D eigenvalue weighted by Crippen LogP contribution is 2.21. The van der Waals surface area contributed by atoms with Crippen molar-refractivity contribution in [3.8, 4) is 11.4 Å². The predicted octanol–water partition coefficient (Wildman–Crippen LogP) is 1.94. The lowest BCUT2D eigenvalue weighted by Gasteiger charge is -2.04. The van der Waals surface area contributed by atoms with Crippen LogP contribution in [0.3, 0.4) is 0 Å². The lowest BCUT2D eigenvalue weighted by Crippen LogP contribution is -2.04. The molecule has 2 aromatic rings. The molecular weight excluding hydrogens is 269 g/mol. The molecule has 0 saturated heterocycles. The highest BCUT2D eigenvalue weighted by atomic mass is 32.2. The van der Waals surface area contributed by atoms with Crippen LogP contribution in [-0.4, -0.2) is 33.8 Å². The first kappa shape index (κ1) is 13.4. The second-order valence-corrected chi connectivity index (χ2v) is 4.37. The van der Waals surface area contributed by atoms with Crippen LogP contribution in [0, 0.1) is 5.82 Å². The van der Waals surface area contributed by atoms with Crippen molar-refractivity contribution in [3.63, 3.8) is 0 Å². The van der Waals surface area contributed by atoms with Gasteiger partial charge in [0, 0.05) is 6.20 Å². The van der Waals surface area contributed by atoms with Crippen LogP contribution < -0.4 is 0 Å². The minimum Gasteiger partial charge on any atom is -0.468 e. The first-order valence-corrected chi connectivity index (χ1v) is 6.33. The number of carbonyl (C=O) groups excluding carboxylic acids is 1. The Hall–Kier alpha value is -2.02. The van der Waals surface area contributed by atoms with Gasteiger partial charge in [0.15, 0.2) is 11.0 Å². The van der Waals surface area contributed by atoms with Gasteiger partial charge in [-0.15, -0.1) is 0 Å². The molecule has 2 rings (SSSR count). The average molecular weight is 279 g/mol. The van der Waals surface area contributed by atoms with E-state index >= 15 is 0 Å². The van der Waals surface area contributed by atoms with Crippen LogP contribution >= 0.6 is 11.8 Å². The third kappa shape index (κ3) is 3.47. The maximum Gasteiger partial charge on any atom is 0.316 e. The summed E-state index contributed by atoms with van der Waals surface area (Å²) >= 11 is 1.08. The quantitative estimate of drug-likeness (QED) is 0.484. The van der Waals surface area contributed by atoms with Crippen molar-refractivity contribution >= 4 is 17.7 Å². The van der Waals surface area contributed by atoms with Gasteiger partial charge in [-0.3, -0.25) is 9.78 Å². The Morgan fingerprint density at radius 2 is 2.26 bits per heavy atom. The molecule has 5 nitrogen and oxygen atoms in total. The molecule has 0 spiro atoms. The molecule has 0 bridgehead atoms. The SMILES string of the molecule is COC(=O)CSc1ncc(F)c(-c2ccccn2)n1. The van der Waals surface area contributed by atoms with Crippen LogP contribution in [0.25, 0.3) is 11.4 Å². The van der Waals surface area contributed by atoms with Gasteiger partial charge in [0.1, 0.15) is 5.69 Å². The van der Waals surface area contributed by atoms with Crippen LogP contribution in [0.2, 0.25) is 0 Å². The molecule has 2 aromatic heterocycles. The molecule has 0 N–H and O–H groups in total. The van der Waals surface area contributed by atoms with Crippen LogP contribution in [0.5, 0.6) is 0 Å². The minimum absolute atomic E-state index is 0.0732. The van der Waals surface area contributed by atoms with E-state index in [0.29, 0.717) is 10.9 Å². The number of hydrogen-bond acceptors (Lipinski definition) is 6. The van der Waals surface area contributed by atoms with Crippen molar-refractivity contribution in [1.82, 2.24) is 15.0 Å². The van der Waals surface area contributed by atoms with E-state index in [2.05, 4.69) is 19.7 Å². The molecule has 0 aliphatic carbocycles. The standard InChI is InChI=1S/C12H10FN3O2S/c1-18-10(17)7-19-12-15-6-8(13)11(16-12)9-4-2-3-5-14-9/h2-6H,7H2,1H3. The van der Waals surface area contributed by atoms with Gasteiger partial charge in [-0.1, -0.05) is 17.8 Å². The number of hydrogen-bond donors (Lipinski definition) is 0. The smallest absolute Gasteiger partial charge is 0.316 e. The zero-order valence-corrected chi connectivity index (χ0v) is 10.9. The Kier molecular flexibility index (Phi) is 4.40. The lowest BCUT2D eigenvalue weighted by atomic mass is 10.2. The summed E-state index contributed by atoms with van der Waals surface area (Å²) < 4.78 is 18.2. The number of rotatable bonds is 4. The highest BCUT2D eigenvalue weighted by molar-refractivity contribution is 7.99. The number of aromatic nitrogens is 3. The van der Waals surface area contributed by atoms with Crippen molar-refractivity contribution in [2.45, 2.75) is 5.16 Å². The predicted molar refractivity (Wildman–Crippen MR) is 68.0 cm³/mol. The Bertz CT molecular complexity index is 580. The second kappa shape index (κ2) is 6.24. The molecular formula is C12H10FN3O2S. The van der Waals surface area contributed by atoms with E-state index in [1.165, 1.54) is 7.11 Å². The van der Waals surface area contributed by atoms with Gasteiger partial charge in [-0.25, -0.2) is 14.4 Å². The van der Waals surface area contributed by atoms with Gasteiger partial charge < -0.3 is 4.74 Å². The first-order valence-electron chi connectivity index (χ1n) is 5.34. The van der Waals surface area contributed by atoms with Crippen molar-refractivity contribution in [3.05, 3.63) is 36.4 Å². The number of halogens is 1. The van der Waals surface area contributed by atoms with Gasteiger partial charge in [0.2, 0.25) is 0 Å². The molecule has 0 radical (unpaired) electrons. The zero-order valence-electron chi connectivity index (χ0n) is 10.0. The fourth-order valence-corrected chi connectivity index (χ4v) is 1.93. The average Bonchev–Trinajstić information content (AvgIpc) is 2.47. The lowest BCUT2D eigenvalue weighted by molar-refractivity contribution is -0.137. The van der Waals surface area contributed by atoms with E-state index in [9.17, 15) is 9.18 Å². The van der Waals surface area contributed by atoms with E-state index in [4.69, 9.17) is 0 Å². The van der Waals surface area contributed by atoms with E-state index < -0.39 is 11.8 Å². The number of nitrogens with zero attached hydrogens (tertiary/aromatic N) is 3. The topological polar surface area (TPSA) is 65.0 Å².